The van der Waals surface area contributed by atoms with Crippen molar-refractivity contribution in [2.45, 2.75) is 12.4 Å². The third-order valence-electron chi connectivity index (χ3n) is 4.91. The molecule has 4 rings (SSSR count). The van der Waals surface area contributed by atoms with E-state index in [-0.39, 0.29) is 17.0 Å². The first-order valence-electron chi connectivity index (χ1n) is 9.48. The van der Waals surface area contributed by atoms with Crippen molar-refractivity contribution >= 4 is 39.1 Å². The average molecular weight is 519 g/mol. The summed E-state index contributed by atoms with van der Waals surface area (Å²) in [5.41, 5.74) is 0.742. The van der Waals surface area contributed by atoms with Crippen molar-refractivity contribution in [2.24, 2.45) is 0 Å². The van der Waals surface area contributed by atoms with Crippen LogP contribution in [0.5, 0.6) is 5.75 Å². The van der Waals surface area contributed by atoms with Gasteiger partial charge in [-0.2, -0.15) is 0 Å². The van der Waals surface area contributed by atoms with E-state index in [2.05, 4.69) is 25.7 Å². The van der Waals surface area contributed by atoms with E-state index in [4.69, 9.17) is 0 Å². The van der Waals surface area contributed by atoms with Crippen LogP contribution in [-0.4, -0.2) is 28.1 Å². The molecule has 0 radical (unpaired) electrons. The van der Waals surface area contributed by atoms with Gasteiger partial charge in [0.1, 0.15) is 11.5 Å². The normalized spacial score (nSPS) is 17.9. The maximum atomic E-state index is 13.0. The lowest BCUT2D eigenvalue weighted by Gasteiger charge is -2.25. The van der Waals surface area contributed by atoms with Gasteiger partial charge in [-0.05, 0) is 48.0 Å². The minimum atomic E-state index is -4.87. The van der Waals surface area contributed by atoms with Crippen LogP contribution in [0, 0.1) is 0 Å². The summed E-state index contributed by atoms with van der Waals surface area (Å²) in [7, 11) is 0. The number of carbonyl (C=O) groups is 2. The smallest absolute Gasteiger partial charge is 0.507 e. The molecular formula is C23H14BrF3N2O4. The lowest BCUT2D eigenvalue weighted by atomic mass is 9.96. The van der Waals surface area contributed by atoms with Gasteiger partial charge in [-0.1, -0.05) is 34.1 Å². The predicted octanol–water partition coefficient (Wildman–Crippen LogP) is 5.37. The van der Waals surface area contributed by atoms with Gasteiger partial charge in [0, 0.05) is 28.1 Å². The maximum Gasteiger partial charge on any atom is 0.573 e. The maximum absolute atomic E-state index is 13.0. The molecule has 1 atom stereocenters. The zero-order chi connectivity index (χ0) is 23.8. The molecule has 1 aliphatic rings. The summed E-state index contributed by atoms with van der Waals surface area (Å²) < 4.78 is 42.1. The molecule has 1 saturated heterocycles. The quantitative estimate of drug-likeness (QED) is 0.285. The number of benzene rings is 2. The van der Waals surface area contributed by atoms with E-state index in [0.29, 0.717) is 11.1 Å². The molecule has 1 unspecified atom stereocenters. The van der Waals surface area contributed by atoms with Gasteiger partial charge in [0.15, 0.2) is 0 Å². The Kier molecular flexibility index (Phi) is 5.94. The standard InChI is InChI=1S/C23H14BrF3N2O4/c24-15-5-3-13(4-6-15)20(30)18-19(14-2-1-11-28-12-14)29(22(32)21(18)31)16-7-9-17(10-8-16)33-23(25,26)27/h1-12,19,30H/b20-18-. The van der Waals surface area contributed by atoms with Gasteiger partial charge in [0.05, 0.1) is 11.6 Å². The van der Waals surface area contributed by atoms with Crippen LogP contribution in [0.1, 0.15) is 17.2 Å². The van der Waals surface area contributed by atoms with Gasteiger partial charge in [-0.3, -0.25) is 19.5 Å². The van der Waals surface area contributed by atoms with Crippen LogP contribution in [0.4, 0.5) is 18.9 Å². The first-order chi connectivity index (χ1) is 15.7. The molecular weight excluding hydrogens is 505 g/mol. The number of hydrogen-bond donors (Lipinski definition) is 1. The number of halogens is 4. The van der Waals surface area contributed by atoms with E-state index in [0.717, 1.165) is 21.5 Å². The highest BCUT2D eigenvalue weighted by Gasteiger charge is 2.47. The molecule has 0 aliphatic carbocycles. The molecule has 33 heavy (non-hydrogen) atoms. The third kappa shape index (κ3) is 4.61. The van der Waals surface area contributed by atoms with E-state index < -0.39 is 29.8 Å². The van der Waals surface area contributed by atoms with E-state index in [1.54, 1.807) is 36.4 Å². The molecule has 1 amide bonds. The van der Waals surface area contributed by atoms with Crippen molar-refractivity contribution < 1.29 is 32.6 Å². The fraction of sp³-hybridized carbons (Fsp3) is 0.0870. The van der Waals surface area contributed by atoms with Crippen LogP contribution in [0.3, 0.4) is 0 Å². The molecule has 0 spiro atoms. The highest BCUT2D eigenvalue weighted by molar-refractivity contribution is 9.10. The number of pyridine rings is 1. The highest BCUT2D eigenvalue weighted by atomic mass is 79.9. The SMILES string of the molecule is O=C1C(=O)N(c2ccc(OC(F)(F)F)cc2)C(c2cccnc2)/C1=C(/O)c1ccc(Br)cc1. The number of aliphatic hydroxyl groups is 1. The molecule has 2 heterocycles. The molecule has 6 nitrogen and oxygen atoms in total. The minimum absolute atomic E-state index is 0.148. The summed E-state index contributed by atoms with van der Waals surface area (Å²) in [6.45, 7) is 0. The number of nitrogens with zero attached hydrogens (tertiary/aromatic N) is 2. The Bertz CT molecular complexity index is 1230. The monoisotopic (exact) mass is 518 g/mol. The van der Waals surface area contributed by atoms with Gasteiger partial charge in [-0.15, -0.1) is 13.2 Å². The van der Waals surface area contributed by atoms with Crippen LogP contribution in [0.25, 0.3) is 5.76 Å². The Morgan fingerprint density at radius 3 is 2.27 bits per heavy atom. The molecule has 1 aromatic heterocycles. The fourth-order valence-corrected chi connectivity index (χ4v) is 3.79. The van der Waals surface area contributed by atoms with E-state index in [1.165, 1.54) is 24.5 Å². The second kappa shape index (κ2) is 8.70. The van der Waals surface area contributed by atoms with Crippen LogP contribution >= 0.6 is 15.9 Å². The van der Waals surface area contributed by atoms with E-state index in [9.17, 15) is 27.9 Å². The summed E-state index contributed by atoms with van der Waals surface area (Å²) in [5.74, 6) is -2.73. The van der Waals surface area contributed by atoms with Crippen molar-refractivity contribution in [1.82, 2.24) is 4.98 Å². The number of amides is 1. The third-order valence-corrected chi connectivity index (χ3v) is 5.44. The van der Waals surface area contributed by atoms with E-state index in [1.807, 2.05) is 0 Å². The Morgan fingerprint density at radius 1 is 1.03 bits per heavy atom. The molecule has 1 aliphatic heterocycles. The number of ketones is 1. The Balaban J connectivity index is 1.83. The van der Waals surface area contributed by atoms with Gasteiger partial charge >= 0.3 is 6.36 Å². The van der Waals surface area contributed by atoms with Gasteiger partial charge in [0.2, 0.25) is 0 Å². The largest absolute Gasteiger partial charge is 0.573 e. The van der Waals surface area contributed by atoms with Gasteiger partial charge in [0.25, 0.3) is 11.7 Å². The number of anilines is 1. The van der Waals surface area contributed by atoms with Crippen molar-refractivity contribution in [1.29, 1.82) is 0 Å². The summed E-state index contributed by atoms with van der Waals surface area (Å²) in [6.07, 6.45) is -1.92. The molecule has 10 heteroatoms. The van der Waals surface area contributed by atoms with Crippen LogP contribution in [-0.2, 0) is 9.59 Å². The molecule has 1 fully saturated rings. The summed E-state index contributed by atoms with van der Waals surface area (Å²) in [4.78, 5) is 31.1. The van der Waals surface area contributed by atoms with Crippen LogP contribution < -0.4 is 9.64 Å². The summed E-state index contributed by atoms with van der Waals surface area (Å²) >= 11 is 3.30. The zero-order valence-corrected chi connectivity index (χ0v) is 18.2. The fourth-order valence-electron chi connectivity index (χ4n) is 3.52. The number of ether oxygens (including phenoxy) is 1. The lowest BCUT2D eigenvalue weighted by molar-refractivity contribution is -0.274. The van der Waals surface area contributed by atoms with Crippen LogP contribution in [0.15, 0.2) is 83.1 Å². The number of alkyl halides is 3. The van der Waals surface area contributed by atoms with E-state index >= 15 is 0 Å². The van der Waals surface area contributed by atoms with Crippen LogP contribution in [0.2, 0.25) is 0 Å². The Hall–Kier alpha value is -3.66. The molecule has 3 aromatic rings. The number of carbonyl (C=O) groups excluding carboxylic acids is 2. The van der Waals surface area contributed by atoms with Crippen molar-refractivity contribution in [3.8, 4) is 5.75 Å². The Morgan fingerprint density at radius 2 is 1.70 bits per heavy atom. The number of rotatable bonds is 4. The lowest BCUT2D eigenvalue weighted by Crippen LogP contribution is -2.29. The number of Topliss-reactive ketones (excluding diaryl/α,β-unsaturated/α-hetero) is 1. The summed E-state index contributed by atoms with van der Waals surface area (Å²) in [6, 6.07) is 13.2. The average Bonchev–Trinajstić information content (AvgIpc) is 3.04. The molecule has 2 aromatic carbocycles. The number of aromatic nitrogens is 1. The van der Waals surface area contributed by atoms with Gasteiger partial charge < -0.3 is 9.84 Å². The topological polar surface area (TPSA) is 79.7 Å². The molecule has 168 valence electrons. The number of hydrogen-bond acceptors (Lipinski definition) is 5. The molecule has 0 saturated carbocycles. The minimum Gasteiger partial charge on any atom is -0.507 e. The van der Waals surface area contributed by atoms with Crippen molar-refractivity contribution in [3.05, 3.63) is 94.2 Å². The van der Waals surface area contributed by atoms with Crippen molar-refractivity contribution in [3.63, 3.8) is 0 Å². The Labute approximate surface area is 194 Å². The summed E-state index contributed by atoms with van der Waals surface area (Å²) in [5, 5.41) is 11.0. The first kappa shape index (κ1) is 22.5. The van der Waals surface area contributed by atoms with Gasteiger partial charge in [-0.25, -0.2) is 0 Å². The highest BCUT2D eigenvalue weighted by Crippen LogP contribution is 2.42. The molecule has 0 bridgehead atoms. The predicted molar refractivity (Wildman–Crippen MR) is 116 cm³/mol. The second-order valence-electron chi connectivity index (χ2n) is 7.00. The molecule has 1 N–H and O–H groups in total. The first-order valence-corrected chi connectivity index (χ1v) is 10.3. The zero-order valence-electron chi connectivity index (χ0n) is 16.6. The van der Waals surface area contributed by atoms with Crippen molar-refractivity contribution in [2.75, 3.05) is 4.90 Å². The second-order valence-corrected chi connectivity index (χ2v) is 7.92. The number of aliphatic hydroxyl groups excluding tert-OH is 1.